The highest BCUT2D eigenvalue weighted by Gasteiger charge is 2.43. The number of amides is 2. The van der Waals surface area contributed by atoms with Gasteiger partial charge in [-0.1, -0.05) is 43.5 Å². The number of pyridine rings is 1. The minimum atomic E-state index is -0.478. The van der Waals surface area contributed by atoms with Gasteiger partial charge < -0.3 is 9.80 Å². The molecule has 2 aromatic rings. The van der Waals surface area contributed by atoms with Crippen molar-refractivity contribution in [3.63, 3.8) is 0 Å². The largest absolute Gasteiger partial charge is 0.348 e. The second kappa shape index (κ2) is 10.5. The predicted octanol–water partition coefficient (Wildman–Crippen LogP) is 4.96. The Morgan fingerprint density at radius 2 is 1.67 bits per heavy atom. The molecular formula is C28H37N3O2. The minimum Gasteiger partial charge on any atom is -0.348 e. The van der Waals surface area contributed by atoms with Crippen LogP contribution in [0.3, 0.4) is 0 Å². The van der Waals surface area contributed by atoms with Gasteiger partial charge in [-0.3, -0.25) is 14.6 Å². The molecule has 1 aromatic heterocycles. The van der Waals surface area contributed by atoms with Crippen LogP contribution in [0.2, 0.25) is 0 Å². The minimum absolute atomic E-state index is 0.173. The van der Waals surface area contributed by atoms with Crippen molar-refractivity contribution in [1.82, 2.24) is 14.8 Å². The van der Waals surface area contributed by atoms with Gasteiger partial charge in [0.05, 0.1) is 5.41 Å². The summed E-state index contributed by atoms with van der Waals surface area (Å²) in [6.07, 6.45) is 12.6. The van der Waals surface area contributed by atoms with Crippen molar-refractivity contribution in [3.8, 4) is 11.1 Å². The molecule has 0 atom stereocenters. The molecule has 2 amide bonds. The summed E-state index contributed by atoms with van der Waals surface area (Å²) in [6, 6.07) is 12.4. The van der Waals surface area contributed by atoms with Gasteiger partial charge in [0.2, 0.25) is 11.8 Å². The zero-order valence-electron chi connectivity index (χ0n) is 20.1. The summed E-state index contributed by atoms with van der Waals surface area (Å²) in [4.78, 5) is 34.4. The summed E-state index contributed by atoms with van der Waals surface area (Å²) in [5.41, 5.74) is 2.98. The lowest BCUT2D eigenvalue weighted by Crippen LogP contribution is -2.51. The van der Waals surface area contributed by atoms with Gasteiger partial charge in [-0.2, -0.15) is 0 Å². The van der Waals surface area contributed by atoms with E-state index in [1.807, 2.05) is 49.6 Å². The number of piperidine rings is 1. The monoisotopic (exact) mass is 447 g/mol. The predicted molar refractivity (Wildman–Crippen MR) is 132 cm³/mol. The second-order valence-electron chi connectivity index (χ2n) is 10.1. The molecule has 5 nitrogen and oxygen atoms in total. The standard InChI is InChI=1S/C28H37N3O2/c1-30(2)27(33)28(21-24-10-6-7-11-25(24)23-12-16-29-17-13-23)14-18-31(19-15-28)26(32)20-22-8-4-3-5-9-22/h6-7,10-13,16-17,22H,3-5,8-9,14-15,18-21H2,1-2H3. The highest BCUT2D eigenvalue weighted by atomic mass is 16.2. The molecule has 5 heteroatoms. The van der Waals surface area contributed by atoms with Crippen LogP contribution < -0.4 is 0 Å². The zero-order valence-corrected chi connectivity index (χ0v) is 20.1. The van der Waals surface area contributed by atoms with Gasteiger partial charge >= 0.3 is 0 Å². The first kappa shape index (κ1) is 23.5. The molecule has 1 aliphatic carbocycles. The summed E-state index contributed by atoms with van der Waals surface area (Å²) in [6.45, 7) is 1.34. The summed E-state index contributed by atoms with van der Waals surface area (Å²) < 4.78 is 0. The molecule has 2 aliphatic rings. The maximum atomic E-state index is 13.5. The van der Waals surface area contributed by atoms with E-state index in [2.05, 4.69) is 23.2 Å². The number of carbonyl (C=O) groups excluding carboxylic acids is 2. The van der Waals surface area contributed by atoms with E-state index in [1.165, 1.54) is 37.7 Å². The van der Waals surface area contributed by atoms with Gasteiger partial charge in [0.15, 0.2) is 0 Å². The Hall–Kier alpha value is -2.69. The highest BCUT2D eigenvalue weighted by Crippen LogP contribution is 2.39. The third kappa shape index (κ3) is 5.45. The van der Waals surface area contributed by atoms with Crippen molar-refractivity contribution >= 4 is 11.8 Å². The van der Waals surface area contributed by atoms with Crippen molar-refractivity contribution < 1.29 is 9.59 Å². The Morgan fingerprint density at radius 3 is 2.33 bits per heavy atom. The van der Waals surface area contributed by atoms with Crippen LogP contribution in [0.15, 0.2) is 48.8 Å². The smallest absolute Gasteiger partial charge is 0.228 e. The van der Waals surface area contributed by atoms with Crippen LogP contribution in [0.1, 0.15) is 56.9 Å². The van der Waals surface area contributed by atoms with E-state index in [0.29, 0.717) is 44.7 Å². The third-order valence-corrected chi connectivity index (χ3v) is 7.66. The SMILES string of the molecule is CN(C)C(=O)C1(Cc2ccccc2-c2ccncc2)CCN(C(=O)CC2CCCCC2)CC1. The van der Waals surface area contributed by atoms with Gasteiger partial charge in [0.1, 0.15) is 0 Å². The summed E-state index contributed by atoms with van der Waals surface area (Å²) in [5.74, 6) is 1.00. The second-order valence-corrected chi connectivity index (χ2v) is 10.1. The molecule has 4 rings (SSSR count). The lowest BCUT2D eigenvalue weighted by atomic mass is 9.71. The first-order valence-electron chi connectivity index (χ1n) is 12.5. The molecule has 2 heterocycles. The highest BCUT2D eigenvalue weighted by molar-refractivity contribution is 5.84. The lowest BCUT2D eigenvalue weighted by molar-refractivity contribution is -0.146. The van der Waals surface area contributed by atoms with Gasteiger partial charge in [-0.15, -0.1) is 0 Å². The lowest BCUT2D eigenvalue weighted by Gasteiger charge is -2.42. The number of hydrogen-bond acceptors (Lipinski definition) is 3. The maximum Gasteiger partial charge on any atom is 0.228 e. The van der Waals surface area contributed by atoms with Crippen molar-refractivity contribution in [1.29, 1.82) is 0 Å². The molecule has 176 valence electrons. The van der Waals surface area contributed by atoms with Crippen LogP contribution in [0.4, 0.5) is 0 Å². The van der Waals surface area contributed by atoms with Gasteiger partial charge in [-0.05, 0) is 66.8 Å². The topological polar surface area (TPSA) is 53.5 Å². The molecule has 1 aromatic carbocycles. The molecular weight excluding hydrogens is 410 g/mol. The molecule has 2 fully saturated rings. The van der Waals surface area contributed by atoms with Crippen molar-refractivity contribution in [2.75, 3.05) is 27.2 Å². The van der Waals surface area contributed by atoms with Gasteiger partial charge in [-0.25, -0.2) is 0 Å². The first-order chi connectivity index (χ1) is 16.0. The molecule has 1 saturated heterocycles. The average molecular weight is 448 g/mol. The number of nitrogens with zero attached hydrogens (tertiary/aromatic N) is 3. The van der Waals surface area contributed by atoms with E-state index in [0.717, 1.165) is 11.1 Å². The molecule has 0 radical (unpaired) electrons. The van der Waals surface area contributed by atoms with E-state index < -0.39 is 5.41 Å². The Balaban J connectivity index is 1.51. The van der Waals surface area contributed by atoms with Crippen LogP contribution in [-0.2, 0) is 16.0 Å². The average Bonchev–Trinajstić information content (AvgIpc) is 2.85. The normalized spacial score (nSPS) is 18.7. The van der Waals surface area contributed by atoms with Crippen LogP contribution in [0.25, 0.3) is 11.1 Å². The summed E-state index contributed by atoms with van der Waals surface area (Å²) in [5, 5.41) is 0. The van der Waals surface area contributed by atoms with Crippen molar-refractivity contribution in [2.45, 2.75) is 57.8 Å². The van der Waals surface area contributed by atoms with E-state index in [4.69, 9.17) is 0 Å². The van der Waals surface area contributed by atoms with Gasteiger partial charge in [0, 0.05) is 46.0 Å². The number of rotatable bonds is 6. The Labute approximate surface area is 198 Å². The van der Waals surface area contributed by atoms with Crippen LogP contribution in [-0.4, -0.2) is 53.8 Å². The van der Waals surface area contributed by atoms with E-state index in [-0.39, 0.29) is 11.8 Å². The number of carbonyl (C=O) groups is 2. The molecule has 0 bridgehead atoms. The number of likely N-dealkylation sites (tertiary alicyclic amines) is 1. The van der Waals surface area contributed by atoms with Crippen molar-refractivity contribution in [2.24, 2.45) is 11.3 Å². The molecule has 0 spiro atoms. The number of benzene rings is 1. The molecule has 0 unspecified atom stereocenters. The number of aromatic nitrogens is 1. The fraction of sp³-hybridized carbons (Fsp3) is 0.536. The van der Waals surface area contributed by atoms with Crippen LogP contribution in [0, 0.1) is 11.3 Å². The first-order valence-corrected chi connectivity index (χ1v) is 12.5. The van der Waals surface area contributed by atoms with Gasteiger partial charge in [0.25, 0.3) is 0 Å². The summed E-state index contributed by atoms with van der Waals surface area (Å²) >= 11 is 0. The fourth-order valence-electron chi connectivity index (χ4n) is 5.74. The van der Waals surface area contributed by atoms with E-state index in [1.54, 1.807) is 4.90 Å². The van der Waals surface area contributed by atoms with Crippen LogP contribution >= 0.6 is 0 Å². The number of hydrogen-bond donors (Lipinski definition) is 0. The molecule has 0 N–H and O–H groups in total. The summed E-state index contributed by atoms with van der Waals surface area (Å²) in [7, 11) is 3.69. The molecule has 1 aliphatic heterocycles. The van der Waals surface area contributed by atoms with E-state index >= 15 is 0 Å². The maximum absolute atomic E-state index is 13.5. The Bertz CT molecular complexity index is 943. The molecule has 1 saturated carbocycles. The van der Waals surface area contributed by atoms with Crippen molar-refractivity contribution in [3.05, 3.63) is 54.4 Å². The molecule has 33 heavy (non-hydrogen) atoms. The van der Waals surface area contributed by atoms with E-state index in [9.17, 15) is 9.59 Å². The fourth-order valence-corrected chi connectivity index (χ4v) is 5.74. The quantitative estimate of drug-likeness (QED) is 0.629. The third-order valence-electron chi connectivity index (χ3n) is 7.66. The Morgan fingerprint density at radius 1 is 1.00 bits per heavy atom. The zero-order chi connectivity index (χ0) is 23.3. The van der Waals surface area contributed by atoms with Crippen LogP contribution in [0.5, 0.6) is 0 Å². The Kier molecular flexibility index (Phi) is 7.46.